The van der Waals surface area contributed by atoms with Crippen LogP contribution < -0.4 is 0 Å². The predicted molar refractivity (Wildman–Crippen MR) is 52.4 cm³/mol. The van der Waals surface area contributed by atoms with Crippen LogP contribution in [0, 0.1) is 0 Å². The van der Waals surface area contributed by atoms with Gasteiger partial charge in [0.25, 0.3) is 0 Å². The van der Waals surface area contributed by atoms with Gasteiger partial charge in [0, 0.05) is 18.9 Å². The van der Waals surface area contributed by atoms with Gasteiger partial charge in [0.1, 0.15) is 12.2 Å². The van der Waals surface area contributed by atoms with Gasteiger partial charge in [-0.15, -0.1) is 0 Å². The highest BCUT2D eigenvalue weighted by atomic mass is 16.1. The van der Waals surface area contributed by atoms with Crippen molar-refractivity contribution in [2.24, 2.45) is 0 Å². The first kappa shape index (κ1) is 9.57. The maximum Gasteiger partial charge on any atom is 0.185 e. The molecule has 6 heteroatoms. The van der Waals surface area contributed by atoms with Gasteiger partial charge in [-0.2, -0.15) is 5.10 Å². The van der Waals surface area contributed by atoms with E-state index in [9.17, 15) is 4.79 Å². The Labute approximate surface area is 86.6 Å². The number of carbonyl (C=O) groups is 1. The second kappa shape index (κ2) is 4.04. The van der Waals surface area contributed by atoms with Crippen molar-refractivity contribution in [3.8, 4) is 0 Å². The fourth-order valence-electron chi connectivity index (χ4n) is 1.40. The third-order valence-electron chi connectivity index (χ3n) is 2.16. The number of aromatic nitrogens is 5. The van der Waals surface area contributed by atoms with Gasteiger partial charge >= 0.3 is 0 Å². The van der Waals surface area contributed by atoms with Crippen molar-refractivity contribution < 1.29 is 4.79 Å². The number of aryl methyl sites for hydroxylation is 1. The minimum absolute atomic E-state index is 0.403. The molecule has 15 heavy (non-hydrogen) atoms. The Hall–Kier alpha value is -1.98. The van der Waals surface area contributed by atoms with Gasteiger partial charge in [0.15, 0.2) is 12.1 Å². The van der Waals surface area contributed by atoms with E-state index < -0.39 is 0 Å². The molecule has 0 aliphatic rings. The molecule has 0 spiro atoms. The first-order chi connectivity index (χ1) is 7.35. The molecule has 2 heterocycles. The Morgan fingerprint density at radius 2 is 2.33 bits per heavy atom. The van der Waals surface area contributed by atoms with E-state index in [1.54, 1.807) is 21.6 Å². The van der Waals surface area contributed by atoms with Crippen LogP contribution in [0.2, 0.25) is 0 Å². The molecule has 0 radical (unpaired) electrons. The van der Waals surface area contributed by atoms with E-state index in [1.807, 2.05) is 6.92 Å². The molecule has 2 aromatic rings. The average Bonchev–Trinajstić information content (AvgIpc) is 2.87. The minimum Gasteiger partial charge on any atom is -0.321 e. The SMILES string of the molecule is CCn1ncnc1Cn1ccnc1C=O. The largest absolute Gasteiger partial charge is 0.321 e. The number of rotatable bonds is 4. The highest BCUT2D eigenvalue weighted by molar-refractivity contribution is 5.69. The van der Waals surface area contributed by atoms with Gasteiger partial charge in [0.05, 0.1) is 6.54 Å². The van der Waals surface area contributed by atoms with Crippen LogP contribution in [0.5, 0.6) is 0 Å². The Balaban J connectivity index is 2.25. The van der Waals surface area contributed by atoms with E-state index in [-0.39, 0.29) is 0 Å². The van der Waals surface area contributed by atoms with E-state index in [2.05, 4.69) is 15.1 Å². The van der Waals surface area contributed by atoms with E-state index in [4.69, 9.17) is 0 Å². The van der Waals surface area contributed by atoms with Crippen LogP contribution in [0.3, 0.4) is 0 Å². The zero-order valence-electron chi connectivity index (χ0n) is 8.37. The molecular weight excluding hydrogens is 194 g/mol. The number of carbonyl (C=O) groups excluding carboxylic acids is 1. The number of hydrogen-bond donors (Lipinski definition) is 0. The van der Waals surface area contributed by atoms with Gasteiger partial charge in [-0.1, -0.05) is 0 Å². The number of aldehydes is 1. The van der Waals surface area contributed by atoms with Crippen LogP contribution in [0.15, 0.2) is 18.7 Å². The summed E-state index contributed by atoms with van der Waals surface area (Å²) in [4.78, 5) is 18.7. The number of hydrogen-bond acceptors (Lipinski definition) is 4. The van der Waals surface area contributed by atoms with Crippen molar-refractivity contribution in [1.82, 2.24) is 24.3 Å². The molecule has 0 unspecified atom stereocenters. The van der Waals surface area contributed by atoms with E-state index in [1.165, 1.54) is 6.33 Å². The van der Waals surface area contributed by atoms with Crippen LogP contribution in [0.25, 0.3) is 0 Å². The summed E-state index contributed by atoms with van der Waals surface area (Å²) < 4.78 is 3.53. The van der Waals surface area contributed by atoms with Crippen LogP contribution in [-0.2, 0) is 13.1 Å². The summed E-state index contributed by atoms with van der Waals surface area (Å²) in [7, 11) is 0. The van der Waals surface area contributed by atoms with Gasteiger partial charge in [-0.05, 0) is 6.92 Å². The van der Waals surface area contributed by atoms with Crippen molar-refractivity contribution >= 4 is 6.29 Å². The van der Waals surface area contributed by atoms with Crippen LogP contribution in [-0.4, -0.2) is 30.6 Å². The molecule has 2 aromatic heterocycles. The van der Waals surface area contributed by atoms with Gasteiger partial charge in [-0.3, -0.25) is 4.79 Å². The summed E-state index contributed by atoms with van der Waals surface area (Å²) in [5.74, 6) is 1.22. The molecule has 0 fully saturated rings. The molecule has 0 atom stereocenters. The smallest absolute Gasteiger partial charge is 0.185 e. The fourth-order valence-corrected chi connectivity index (χ4v) is 1.40. The average molecular weight is 205 g/mol. The monoisotopic (exact) mass is 205 g/mol. The maximum absolute atomic E-state index is 10.6. The Morgan fingerprint density at radius 3 is 3.07 bits per heavy atom. The summed E-state index contributed by atoms with van der Waals surface area (Å²) in [5.41, 5.74) is 0. The first-order valence-corrected chi connectivity index (χ1v) is 4.68. The van der Waals surface area contributed by atoms with Crippen molar-refractivity contribution in [1.29, 1.82) is 0 Å². The van der Waals surface area contributed by atoms with Crippen LogP contribution >= 0.6 is 0 Å². The topological polar surface area (TPSA) is 65.6 Å². The van der Waals surface area contributed by atoms with Gasteiger partial charge < -0.3 is 4.57 Å². The Kier molecular flexibility index (Phi) is 2.57. The second-order valence-corrected chi connectivity index (χ2v) is 3.02. The summed E-state index contributed by atoms with van der Waals surface area (Å²) in [5, 5.41) is 4.05. The molecule has 0 aliphatic heterocycles. The summed E-state index contributed by atoms with van der Waals surface area (Å²) >= 11 is 0. The molecule has 0 saturated heterocycles. The fraction of sp³-hybridized carbons (Fsp3) is 0.333. The van der Waals surface area contributed by atoms with Crippen LogP contribution in [0.1, 0.15) is 23.4 Å². The number of nitrogens with zero attached hydrogens (tertiary/aromatic N) is 5. The lowest BCUT2D eigenvalue weighted by Gasteiger charge is -2.04. The van der Waals surface area contributed by atoms with Crippen molar-refractivity contribution in [3.05, 3.63) is 30.4 Å². The zero-order valence-corrected chi connectivity index (χ0v) is 8.37. The Morgan fingerprint density at radius 1 is 1.47 bits per heavy atom. The molecule has 0 bridgehead atoms. The highest BCUT2D eigenvalue weighted by Crippen LogP contribution is 2.01. The van der Waals surface area contributed by atoms with E-state index in [0.717, 1.165) is 18.7 Å². The van der Waals surface area contributed by atoms with Crippen LogP contribution in [0.4, 0.5) is 0 Å². The van der Waals surface area contributed by atoms with Gasteiger partial charge in [0.2, 0.25) is 0 Å². The van der Waals surface area contributed by atoms with Gasteiger partial charge in [-0.25, -0.2) is 14.6 Å². The molecule has 0 aromatic carbocycles. The quantitative estimate of drug-likeness (QED) is 0.676. The summed E-state index contributed by atoms with van der Waals surface area (Å²) in [6.45, 7) is 3.27. The first-order valence-electron chi connectivity index (χ1n) is 4.68. The van der Waals surface area contributed by atoms with Crippen molar-refractivity contribution in [3.63, 3.8) is 0 Å². The molecule has 2 rings (SSSR count). The van der Waals surface area contributed by atoms with E-state index in [0.29, 0.717) is 12.4 Å². The lowest BCUT2D eigenvalue weighted by molar-refractivity contribution is 0.111. The van der Waals surface area contributed by atoms with Crippen molar-refractivity contribution in [2.75, 3.05) is 0 Å². The number of imidazole rings is 1. The molecule has 0 amide bonds. The third-order valence-corrected chi connectivity index (χ3v) is 2.16. The normalized spacial score (nSPS) is 10.5. The van der Waals surface area contributed by atoms with Crippen molar-refractivity contribution in [2.45, 2.75) is 20.0 Å². The second-order valence-electron chi connectivity index (χ2n) is 3.02. The molecule has 0 aliphatic carbocycles. The summed E-state index contributed by atoms with van der Waals surface area (Å²) in [6, 6.07) is 0. The standard InChI is InChI=1S/C9H11N5O/c1-2-14-8(11-7-12-14)5-13-4-3-10-9(13)6-15/h3-4,6-7H,2,5H2,1H3. The summed E-state index contributed by atoms with van der Waals surface area (Å²) in [6.07, 6.45) is 5.58. The molecule has 78 valence electrons. The zero-order chi connectivity index (χ0) is 10.7. The maximum atomic E-state index is 10.6. The van der Waals surface area contributed by atoms with E-state index >= 15 is 0 Å². The lowest BCUT2D eigenvalue weighted by atomic mass is 10.5. The molecular formula is C9H11N5O. The molecule has 0 N–H and O–H groups in total. The highest BCUT2D eigenvalue weighted by Gasteiger charge is 2.06. The molecule has 0 saturated carbocycles. The minimum atomic E-state index is 0.403. The molecule has 6 nitrogen and oxygen atoms in total. The Bertz CT molecular complexity index is 459. The third kappa shape index (κ3) is 1.78. The predicted octanol–water partition coefficient (Wildman–Crippen LogP) is 0.355. The lowest BCUT2D eigenvalue weighted by Crippen LogP contribution is -2.10.